The van der Waals surface area contributed by atoms with Crippen molar-refractivity contribution in [1.29, 1.82) is 0 Å². The van der Waals surface area contributed by atoms with E-state index < -0.39 is 0 Å². The van der Waals surface area contributed by atoms with E-state index in [1.54, 1.807) is 12.1 Å². The molecule has 2 unspecified atom stereocenters. The molecule has 1 heterocycles. The Morgan fingerprint density at radius 3 is 2.82 bits per heavy atom. The smallest absolute Gasteiger partial charge is 0.223 e. The molecular formula is C16H24ClFN2O2. The van der Waals surface area contributed by atoms with Gasteiger partial charge in [-0.2, -0.15) is 0 Å². The summed E-state index contributed by atoms with van der Waals surface area (Å²) in [7, 11) is 1.44. The van der Waals surface area contributed by atoms with Crippen molar-refractivity contribution in [2.45, 2.75) is 38.8 Å². The normalized spacial score (nSPS) is 21.2. The predicted octanol–water partition coefficient (Wildman–Crippen LogP) is 2.40. The van der Waals surface area contributed by atoms with Crippen LogP contribution in [0.1, 0.15) is 25.8 Å². The molecular weight excluding hydrogens is 307 g/mol. The highest BCUT2D eigenvalue weighted by Gasteiger charge is 2.27. The standard InChI is InChI=1S/C16H23FN2O2.ClH/c1-11-12(2)19(9-8-18-11)16(20)7-5-13-4-6-15(21-3)14(17)10-13;/h4,6,10-12,18H,5,7-9H2,1-3H3;1H. The summed E-state index contributed by atoms with van der Waals surface area (Å²) in [6.45, 7) is 5.71. The molecule has 1 fully saturated rings. The van der Waals surface area contributed by atoms with Gasteiger partial charge in [-0.1, -0.05) is 6.07 Å². The molecule has 1 aromatic rings. The minimum atomic E-state index is -0.383. The Morgan fingerprint density at radius 2 is 2.18 bits per heavy atom. The molecule has 0 radical (unpaired) electrons. The number of hydrogen-bond acceptors (Lipinski definition) is 3. The first-order valence-corrected chi connectivity index (χ1v) is 7.38. The van der Waals surface area contributed by atoms with Crippen molar-refractivity contribution in [2.24, 2.45) is 0 Å². The van der Waals surface area contributed by atoms with Gasteiger partial charge in [0, 0.05) is 31.6 Å². The highest BCUT2D eigenvalue weighted by atomic mass is 35.5. The van der Waals surface area contributed by atoms with Gasteiger partial charge in [0.2, 0.25) is 5.91 Å². The number of rotatable bonds is 4. The Morgan fingerprint density at radius 1 is 1.45 bits per heavy atom. The largest absolute Gasteiger partial charge is 0.494 e. The number of carbonyl (C=O) groups excluding carboxylic acids is 1. The molecule has 2 rings (SSSR count). The van der Waals surface area contributed by atoms with Crippen LogP contribution in [0.5, 0.6) is 5.75 Å². The molecule has 1 saturated heterocycles. The first-order valence-electron chi connectivity index (χ1n) is 7.38. The quantitative estimate of drug-likeness (QED) is 0.921. The fraction of sp³-hybridized carbons (Fsp3) is 0.562. The minimum Gasteiger partial charge on any atom is -0.494 e. The molecule has 0 aromatic heterocycles. The molecule has 1 N–H and O–H groups in total. The summed E-state index contributed by atoms with van der Waals surface area (Å²) < 4.78 is 18.5. The van der Waals surface area contributed by atoms with Crippen molar-refractivity contribution in [3.05, 3.63) is 29.6 Å². The SMILES string of the molecule is COc1ccc(CCC(=O)N2CCNC(C)C2C)cc1F.Cl. The van der Waals surface area contributed by atoms with Crippen molar-refractivity contribution in [3.8, 4) is 5.75 Å². The van der Waals surface area contributed by atoms with Gasteiger partial charge in [-0.15, -0.1) is 12.4 Å². The number of aryl methyl sites for hydroxylation is 1. The third kappa shape index (κ3) is 4.34. The molecule has 0 aliphatic carbocycles. The van der Waals surface area contributed by atoms with Crippen LogP contribution in [-0.2, 0) is 11.2 Å². The predicted molar refractivity (Wildman–Crippen MR) is 87.2 cm³/mol. The third-order valence-corrected chi connectivity index (χ3v) is 4.20. The van der Waals surface area contributed by atoms with E-state index in [1.165, 1.54) is 13.2 Å². The van der Waals surface area contributed by atoms with E-state index >= 15 is 0 Å². The number of benzene rings is 1. The average Bonchev–Trinajstić information content (AvgIpc) is 2.47. The second kappa shape index (κ2) is 8.34. The van der Waals surface area contributed by atoms with Crippen LogP contribution in [0.3, 0.4) is 0 Å². The lowest BCUT2D eigenvalue weighted by atomic mass is 10.0. The van der Waals surface area contributed by atoms with Gasteiger partial charge in [0.15, 0.2) is 11.6 Å². The van der Waals surface area contributed by atoms with Crippen LogP contribution in [0.4, 0.5) is 4.39 Å². The van der Waals surface area contributed by atoms with Crippen LogP contribution in [0.25, 0.3) is 0 Å². The maximum atomic E-state index is 13.6. The number of hydrogen-bond donors (Lipinski definition) is 1. The molecule has 1 aromatic carbocycles. The van der Waals surface area contributed by atoms with Gasteiger partial charge in [-0.25, -0.2) is 4.39 Å². The van der Waals surface area contributed by atoms with E-state index in [1.807, 2.05) is 4.90 Å². The third-order valence-electron chi connectivity index (χ3n) is 4.20. The molecule has 2 atom stereocenters. The van der Waals surface area contributed by atoms with Gasteiger partial charge < -0.3 is 15.0 Å². The highest BCUT2D eigenvalue weighted by molar-refractivity contribution is 5.85. The Hall–Kier alpha value is -1.33. The number of halogens is 2. The van der Waals surface area contributed by atoms with Gasteiger partial charge in [0.25, 0.3) is 0 Å². The first-order chi connectivity index (χ1) is 10.0. The summed E-state index contributed by atoms with van der Waals surface area (Å²) in [4.78, 5) is 14.2. The minimum absolute atomic E-state index is 0. The monoisotopic (exact) mass is 330 g/mol. The van der Waals surface area contributed by atoms with Crippen molar-refractivity contribution >= 4 is 18.3 Å². The molecule has 0 spiro atoms. The summed E-state index contributed by atoms with van der Waals surface area (Å²) in [5.74, 6) is -0.0201. The van der Waals surface area contributed by atoms with E-state index in [9.17, 15) is 9.18 Å². The van der Waals surface area contributed by atoms with E-state index in [-0.39, 0.29) is 35.9 Å². The molecule has 0 bridgehead atoms. The molecule has 124 valence electrons. The van der Waals surface area contributed by atoms with E-state index in [4.69, 9.17) is 4.74 Å². The van der Waals surface area contributed by atoms with Crippen molar-refractivity contribution in [3.63, 3.8) is 0 Å². The summed E-state index contributed by atoms with van der Waals surface area (Å²) in [6.07, 6.45) is 0.952. The van der Waals surface area contributed by atoms with Gasteiger partial charge in [0.05, 0.1) is 7.11 Å². The maximum absolute atomic E-state index is 13.6. The average molecular weight is 331 g/mol. The number of amides is 1. The Labute approximate surface area is 137 Å². The lowest BCUT2D eigenvalue weighted by Gasteiger charge is -2.38. The van der Waals surface area contributed by atoms with Crippen molar-refractivity contribution < 1.29 is 13.9 Å². The second-order valence-electron chi connectivity index (χ2n) is 5.54. The molecule has 0 saturated carbocycles. The zero-order valence-corrected chi connectivity index (χ0v) is 14.1. The maximum Gasteiger partial charge on any atom is 0.223 e. The van der Waals surface area contributed by atoms with Gasteiger partial charge in [0.1, 0.15) is 0 Å². The number of methoxy groups -OCH3 is 1. The Kier molecular flexibility index (Phi) is 7.10. The van der Waals surface area contributed by atoms with E-state index in [0.717, 1.165) is 18.7 Å². The first kappa shape index (κ1) is 18.7. The number of ether oxygens (including phenoxy) is 1. The molecule has 1 aliphatic rings. The summed E-state index contributed by atoms with van der Waals surface area (Å²) in [6, 6.07) is 5.35. The zero-order valence-electron chi connectivity index (χ0n) is 13.3. The Bertz CT molecular complexity index is 513. The topological polar surface area (TPSA) is 41.6 Å². The van der Waals surface area contributed by atoms with Crippen LogP contribution >= 0.6 is 12.4 Å². The van der Waals surface area contributed by atoms with E-state index in [2.05, 4.69) is 19.2 Å². The number of carbonyl (C=O) groups is 1. The van der Waals surface area contributed by atoms with Crippen LogP contribution in [0, 0.1) is 5.82 Å². The van der Waals surface area contributed by atoms with Crippen molar-refractivity contribution in [2.75, 3.05) is 20.2 Å². The lowest BCUT2D eigenvalue weighted by molar-refractivity contribution is -0.134. The number of nitrogens with one attached hydrogen (secondary N) is 1. The number of piperazine rings is 1. The fourth-order valence-electron chi connectivity index (χ4n) is 2.67. The summed E-state index contributed by atoms with van der Waals surface area (Å²) in [5, 5.41) is 3.35. The molecule has 4 nitrogen and oxygen atoms in total. The summed E-state index contributed by atoms with van der Waals surface area (Å²) in [5.41, 5.74) is 0.817. The lowest BCUT2D eigenvalue weighted by Crippen LogP contribution is -2.57. The molecule has 1 aliphatic heterocycles. The molecule has 1 amide bonds. The van der Waals surface area contributed by atoms with Crippen LogP contribution < -0.4 is 10.1 Å². The molecule has 22 heavy (non-hydrogen) atoms. The number of nitrogens with zero attached hydrogens (tertiary/aromatic N) is 1. The second-order valence-corrected chi connectivity index (χ2v) is 5.54. The Balaban J connectivity index is 0.00000242. The van der Waals surface area contributed by atoms with Crippen LogP contribution in [0.2, 0.25) is 0 Å². The van der Waals surface area contributed by atoms with Gasteiger partial charge in [-0.05, 0) is 38.0 Å². The van der Waals surface area contributed by atoms with Gasteiger partial charge >= 0.3 is 0 Å². The fourth-order valence-corrected chi connectivity index (χ4v) is 2.67. The molecule has 6 heteroatoms. The van der Waals surface area contributed by atoms with Crippen LogP contribution in [-0.4, -0.2) is 43.1 Å². The van der Waals surface area contributed by atoms with Crippen LogP contribution in [0.15, 0.2) is 18.2 Å². The highest BCUT2D eigenvalue weighted by Crippen LogP contribution is 2.19. The van der Waals surface area contributed by atoms with E-state index in [0.29, 0.717) is 18.9 Å². The van der Waals surface area contributed by atoms with Crippen molar-refractivity contribution in [1.82, 2.24) is 10.2 Å². The summed E-state index contributed by atoms with van der Waals surface area (Å²) >= 11 is 0. The zero-order chi connectivity index (χ0) is 15.4. The van der Waals surface area contributed by atoms with Gasteiger partial charge in [-0.3, -0.25) is 4.79 Å².